The second kappa shape index (κ2) is 6.27. The quantitative estimate of drug-likeness (QED) is 0.879. The number of anilines is 1. The van der Waals surface area contributed by atoms with Crippen LogP contribution in [0.2, 0.25) is 5.02 Å². The summed E-state index contributed by atoms with van der Waals surface area (Å²) in [4.78, 5) is 22.5. The summed E-state index contributed by atoms with van der Waals surface area (Å²) in [6.45, 7) is -0.304. The molecule has 0 fully saturated rings. The van der Waals surface area contributed by atoms with Crippen molar-refractivity contribution in [3.05, 3.63) is 41.2 Å². The third-order valence-electron chi connectivity index (χ3n) is 2.58. The van der Waals surface area contributed by atoms with Gasteiger partial charge in [-0.25, -0.2) is 0 Å². The smallest absolute Gasteiger partial charge is 0.325 e. The van der Waals surface area contributed by atoms with Crippen molar-refractivity contribution < 1.29 is 19.4 Å². The van der Waals surface area contributed by atoms with E-state index in [9.17, 15) is 9.59 Å². The van der Waals surface area contributed by atoms with Gasteiger partial charge >= 0.3 is 5.97 Å². The summed E-state index contributed by atoms with van der Waals surface area (Å²) < 4.78 is 6.18. The van der Waals surface area contributed by atoms with Crippen molar-refractivity contribution in [2.45, 2.75) is 6.54 Å². The van der Waals surface area contributed by atoms with E-state index in [0.717, 1.165) is 4.68 Å². The lowest BCUT2D eigenvalue weighted by Crippen LogP contribution is -2.15. The Morgan fingerprint density at radius 3 is 2.81 bits per heavy atom. The SMILES string of the molecule is COc1ccc(NC(=O)c2ccn(CC(=O)O)n2)cc1Cl. The van der Waals surface area contributed by atoms with Crippen molar-refractivity contribution in [3.63, 3.8) is 0 Å². The highest BCUT2D eigenvalue weighted by Crippen LogP contribution is 2.27. The van der Waals surface area contributed by atoms with Gasteiger partial charge in [-0.3, -0.25) is 14.3 Å². The Morgan fingerprint density at radius 2 is 2.19 bits per heavy atom. The molecule has 0 aliphatic rings. The maximum absolute atomic E-state index is 12.0. The van der Waals surface area contributed by atoms with E-state index in [1.165, 1.54) is 19.4 Å². The molecule has 2 rings (SSSR count). The third kappa shape index (κ3) is 3.73. The summed E-state index contributed by atoms with van der Waals surface area (Å²) in [5.41, 5.74) is 0.599. The molecule has 7 nitrogen and oxygen atoms in total. The minimum absolute atomic E-state index is 0.114. The minimum Gasteiger partial charge on any atom is -0.495 e. The van der Waals surface area contributed by atoms with E-state index in [1.54, 1.807) is 18.2 Å². The highest BCUT2D eigenvalue weighted by atomic mass is 35.5. The summed E-state index contributed by atoms with van der Waals surface area (Å²) in [7, 11) is 1.49. The van der Waals surface area contributed by atoms with Gasteiger partial charge in [0.15, 0.2) is 5.69 Å². The summed E-state index contributed by atoms with van der Waals surface area (Å²) >= 11 is 5.96. The molecule has 1 amide bonds. The molecule has 1 aromatic carbocycles. The molecule has 1 aromatic heterocycles. The first-order valence-electron chi connectivity index (χ1n) is 5.89. The normalized spacial score (nSPS) is 10.2. The molecule has 0 saturated heterocycles. The van der Waals surface area contributed by atoms with Crippen molar-refractivity contribution in [1.82, 2.24) is 9.78 Å². The Morgan fingerprint density at radius 1 is 1.43 bits per heavy atom. The number of hydrogen-bond donors (Lipinski definition) is 2. The molecule has 1 heterocycles. The molecular weight excluding hydrogens is 298 g/mol. The van der Waals surface area contributed by atoms with Crippen LogP contribution in [0.25, 0.3) is 0 Å². The number of nitrogens with zero attached hydrogens (tertiary/aromatic N) is 2. The van der Waals surface area contributed by atoms with Crippen molar-refractivity contribution in [2.75, 3.05) is 12.4 Å². The molecule has 21 heavy (non-hydrogen) atoms. The zero-order chi connectivity index (χ0) is 15.4. The van der Waals surface area contributed by atoms with Crippen LogP contribution < -0.4 is 10.1 Å². The lowest BCUT2D eigenvalue weighted by molar-refractivity contribution is -0.137. The summed E-state index contributed by atoms with van der Waals surface area (Å²) in [6.07, 6.45) is 1.42. The maximum atomic E-state index is 12.0. The summed E-state index contributed by atoms with van der Waals surface area (Å²) in [5.74, 6) is -0.993. The number of carbonyl (C=O) groups is 2. The van der Waals surface area contributed by atoms with E-state index in [-0.39, 0.29) is 12.2 Å². The fourth-order valence-electron chi connectivity index (χ4n) is 1.65. The Balaban J connectivity index is 2.09. The van der Waals surface area contributed by atoms with Gasteiger partial charge in [0.1, 0.15) is 12.3 Å². The van der Waals surface area contributed by atoms with E-state index in [1.807, 2.05) is 0 Å². The molecule has 8 heteroatoms. The lowest BCUT2D eigenvalue weighted by Gasteiger charge is -2.06. The zero-order valence-electron chi connectivity index (χ0n) is 11.0. The molecule has 2 aromatic rings. The van der Waals surface area contributed by atoms with E-state index < -0.39 is 11.9 Å². The number of rotatable bonds is 5. The number of hydrogen-bond acceptors (Lipinski definition) is 4. The average molecular weight is 310 g/mol. The van der Waals surface area contributed by atoms with E-state index >= 15 is 0 Å². The van der Waals surface area contributed by atoms with Crippen LogP contribution in [0, 0.1) is 0 Å². The van der Waals surface area contributed by atoms with Gasteiger partial charge in [-0.05, 0) is 24.3 Å². The van der Waals surface area contributed by atoms with Crippen LogP contribution in [0.5, 0.6) is 5.75 Å². The molecule has 110 valence electrons. The number of ether oxygens (including phenoxy) is 1. The number of nitrogens with one attached hydrogen (secondary N) is 1. The molecule has 0 aliphatic carbocycles. The summed E-state index contributed by atoms with van der Waals surface area (Å²) in [5, 5.41) is 15.5. The van der Waals surface area contributed by atoms with Crippen LogP contribution in [0.4, 0.5) is 5.69 Å². The highest BCUT2D eigenvalue weighted by Gasteiger charge is 2.12. The minimum atomic E-state index is -1.04. The van der Waals surface area contributed by atoms with Crippen LogP contribution in [0.15, 0.2) is 30.5 Å². The average Bonchev–Trinajstić information content (AvgIpc) is 2.86. The number of aliphatic carboxylic acids is 1. The molecule has 0 spiro atoms. The number of carboxylic acid groups (broad SMARTS) is 1. The van der Waals surface area contributed by atoms with Crippen LogP contribution in [0.1, 0.15) is 10.5 Å². The second-order valence-electron chi connectivity index (χ2n) is 4.10. The predicted octanol–water partition coefficient (Wildman–Crippen LogP) is 1.88. The molecule has 0 unspecified atom stereocenters. The van der Waals surface area contributed by atoms with E-state index in [2.05, 4.69) is 10.4 Å². The molecule has 0 atom stereocenters. The zero-order valence-corrected chi connectivity index (χ0v) is 11.8. The summed E-state index contributed by atoms with van der Waals surface area (Å²) in [6, 6.07) is 6.24. The van der Waals surface area contributed by atoms with Gasteiger partial charge in [0.25, 0.3) is 5.91 Å². The van der Waals surface area contributed by atoms with Gasteiger partial charge in [-0.15, -0.1) is 0 Å². The molecule has 2 N–H and O–H groups in total. The van der Waals surface area contributed by atoms with Gasteiger partial charge < -0.3 is 15.2 Å². The molecular formula is C13H12ClN3O4. The monoisotopic (exact) mass is 309 g/mol. The van der Waals surface area contributed by atoms with Crippen molar-refractivity contribution in [1.29, 1.82) is 0 Å². The van der Waals surface area contributed by atoms with Gasteiger partial charge in [0.2, 0.25) is 0 Å². The fourth-order valence-corrected chi connectivity index (χ4v) is 1.91. The van der Waals surface area contributed by atoms with Crippen LogP contribution >= 0.6 is 11.6 Å². The second-order valence-corrected chi connectivity index (χ2v) is 4.50. The van der Waals surface area contributed by atoms with Gasteiger partial charge in [0, 0.05) is 11.9 Å². The Hall–Kier alpha value is -2.54. The van der Waals surface area contributed by atoms with Crippen molar-refractivity contribution >= 4 is 29.2 Å². The van der Waals surface area contributed by atoms with Crippen molar-refractivity contribution in [3.8, 4) is 5.75 Å². The van der Waals surface area contributed by atoms with Gasteiger partial charge in [-0.2, -0.15) is 5.10 Å². The Labute approximate surface area is 125 Å². The van der Waals surface area contributed by atoms with E-state index in [4.69, 9.17) is 21.4 Å². The first-order chi connectivity index (χ1) is 9.99. The lowest BCUT2D eigenvalue weighted by atomic mass is 10.3. The largest absolute Gasteiger partial charge is 0.495 e. The number of benzene rings is 1. The highest BCUT2D eigenvalue weighted by molar-refractivity contribution is 6.32. The number of halogens is 1. The Bertz CT molecular complexity index is 684. The molecule has 0 bridgehead atoms. The van der Waals surface area contributed by atoms with Crippen LogP contribution in [-0.4, -0.2) is 33.9 Å². The topological polar surface area (TPSA) is 93.5 Å². The predicted molar refractivity (Wildman–Crippen MR) is 75.8 cm³/mol. The standard InChI is InChI=1S/C13H12ClN3O4/c1-21-11-3-2-8(6-9(11)14)15-13(20)10-4-5-17(16-10)7-12(18)19/h2-6H,7H2,1H3,(H,15,20)(H,18,19). The van der Waals surface area contributed by atoms with Gasteiger partial charge in [0.05, 0.1) is 12.1 Å². The maximum Gasteiger partial charge on any atom is 0.325 e. The number of aromatic nitrogens is 2. The van der Waals surface area contributed by atoms with Crippen molar-refractivity contribution in [2.24, 2.45) is 0 Å². The first kappa shape index (κ1) is 14.9. The van der Waals surface area contributed by atoms with Gasteiger partial charge in [-0.1, -0.05) is 11.6 Å². The number of methoxy groups -OCH3 is 1. The number of carboxylic acids is 1. The number of amides is 1. The molecule has 0 radical (unpaired) electrons. The molecule has 0 aliphatic heterocycles. The van der Waals surface area contributed by atoms with Crippen LogP contribution in [-0.2, 0) is 11.3 Å². The molecule has 0 saturated carbocycles. The third-order valence-corrected chi connectivity index (χ3v) is 2.88. The van der Waals surface area contributed by atoms with Crippen LogP contribution in [0.3, 0.4) is 0 Å². The first-order valence-corrected chi connectivity index (χ1v) is 6.27. The fraction of sp³-hybridized carbons (Fsp3) is 0.154. The van der Waals surface area contributed by atoms with E-state index in [0.29, 0.717) is 16.5 Å². The Kier molecular flexibility index (Phi) is 4.44. The number of carbonyl (C=O) groups excluding carboxylic acids is 1.